The van der Waals surface area contributed by atoms with Gasteiger partial charge in [-0.15, -0.1) is 0 Å². The van der Waals surface area contributed by atoms with Gasteiger partial charge in [-0.25, -0.2) is 0 Å². The van der Waals surface area contributed by atoms with Gasteiger partial charge in [-0.3, -0.25) is 9.78 Å². The van der Waals surface area contributed by atoms with Gasteiger partial charge in [0, 0.05) is 24.6 Å². The lowest BCUT2D eigenvalue weighted by Gasteiger charge is -2.08. The summed E-state index contributed by atoms with van der Waals surface area (Å²) in [6.07, 6.45) is 7.30. The van der Waals surface area contributed by atoms with Crippen LogP contribution in [0.15, 0.2) is 48.7 Å². The van der Waals surface area contributed by atoms with Crippen LogP contribution in [0.4, 0.5) is 0 Å². The number of rotatable bonds is 8. The van der Waals surface area contributed by atoms with Gasteiger partial charge in [-0.1, -0.05) is 50.1 Å². The summed E-state index contributed by atoms with van der Waals surface area (Å²) in [5.74, 6) is 0.374. The van der Waals surface area contributed by atoms with E-state index in [1.807, 2.05) is 36.5 Å². The molecule has 0 spiro atoms. The van der Waals surface area contributed by atoms with Crippen LogP contribution in [0.3, 0.4) is 0 Å². The zero-order chi connectivity index (χ0) is 14.9. The average Bonchev–Trinajstić information content (AvgIpc) is 2.54. The van der Waals surface area contributed by atoms with Crippen molar-refractivity contribution in [1.82, 2.24) is 4.98 Å². The van der Waals surface area contributed by atoms with E-state index in [2.05, 4.69) is 24.0 Å². The Morgan fingerprint density at radius 1 is 1.00 bits per heavy atom. The molecule has 1 heterocycles. The predicted octanol–water partition coefficient (Wildman–Crippen LogP) is 4.83. The van der Waals surface area contributed by atoms with E-state index in [-0.39, 0.29) is 0 Å². The second-order valence-corrected chi connectivity index (χ2v) is 5.37. The number of carbonyl (C=O) groups is 1. The maximum atomic E-state index is 11.9. The van der Waals surface area contributed by atoms with Gasteiger partial charge in [0.25, 0.3) is 0 Å². The van der Waals surface area contributed by atoms with Crippen LogP contribution in [0, 0.1) is 0 Å². The summed E-state index contributed by atoms with van der Waals surface area (Å²) in [7, 11) is 0. The summed E-state index contributed by atoms with van der Waals surface area (Å²) in [5.41, 5.74) is 3.33. The molecule has 2 nitrogen and oxygen atoms in total. The third-order valence-corrected chi connectivity index (χ3v) is 3.69. The van der Waals surface area contributed by atoms with E-state index in [4.69, 9.17) is 0 Å². The van der Waals surface area contributed by atoms with E-state index in [1.54, 1.807) is 0 Å². The van der Waals surface area contributed by atoms with Crippen molar-refractivity contribution in [2.45, 2.75) is 45.4 Å². The molecule has 0 radical (unpaired) electrons. The second-order valence-electron chi connectivity index (χ2n) is 5.37. The van der Waals surface area contributed by atoms with Gasteiger partial charge in [0.05, 0.1) is 5.69 Å². The molecule has 0 amide bonds. The summed E-state index contributed by atoms with van der Waals surface area (Å²) in [5, 5.41) is 0. The monoisotopic (exact) mass is 281 g/mol. The van der Waals surface area contributed by atoms with Crippen LogP contribution in [0.2, 0.25) is 0 Å². The molecule has 21 heavy (non-hydrogen) atoms. The number of nitrogens with zero attached hydrogens (tertiary/aromatic N) is 1. The Hall–Kier alpha value is -1.96. The summed E-state index contributed by atoms with van der Waals surface area (Å²) in [6, 6.07) is 14.2. The van der Waals surface area contributed by atoms with E-state index >= 15 is 0 Å². The summed E-state index contributed by atoms with van der Waals surface area (Å²) in [4.78, 5) is 16.3. The van der Waals surface area contributed by atoms with E-state index in [9.17, 15) is 4.79 Å². The maximum Gasteiger partial charge on any atom is 0.133 e. The fourth-order valence-electron chi connectivity index (χ4n) is 2.48. The molecule has 1 aromatic carbocycles. The number of benzene rings is 1. The minimum atomic E-state index is 0.374. The van der Waals surface area contributed by atoms with Crippen LogP contribution < -0.4 is 0 Å². The molecule has 0 fully saturated rings. The van der Waals surface area contributed by atoms with E-state index < -0.39 is 0 Å². The van der Waals surface area contributed by atoms with Crippen molar-refractivity contribution in [2.75, 3.05) is 0 Å². The molecular weight excluding hydrogens is 258 g/mol. The molecule has 0 saturated carbocycles. The van der Waals surface area contributed by atoms with E-state index in [0.29, 0.717) is 12.2 Å². The molecule has 0 bridgehead atoms. The van der Waals surface area contributed by atoms with Crippen LogP contribution in [-0.2, 0) is 11.2 Å². The number of unbranched alkanes of at least 4 members (excludes halogenated alkanes) is 2. The molecule has 0 saturated heterocycles. The molecule has 2 rings (SSSR count). The molecule has 0 atom stereocenters. The van der Waals surface area contributed by atoms with Gasteiger partial charge in [-0.05, 0) is 30.5 Å². The maximum absolute atomic E-state index is 11.9. The Bertz CT molecular complexity index is 563. The van der Waals surface area contributed by atoms with Crippen LogP contribution >= 0.6 is 0 Å². The van der Waals surface area contributed by atoms with E-state index in [1.165, 1.54) is 5.56 Å². The molecule has 2 aromatic rings. The highest BCUT2D eigenvalue weighted by molar-refractivity contribution is 5.79. The highest BCUT2D eigenvalue weighted by atomic mass is 16.1. The smallest absolute Gasteiger partial charge is 0.133 e. The quantitative estimate of drug-likeness (QED) is 0.649. The number of ketones is 1. The Kier molecular flexibility index (Phi) is 6.14. The van der Waals surface area contributed by atoms with Gasteiger partial charge < -0.3 is 0 Å². The number of hydrogen-bond donors (Lipinski definition) is 0. The van der Waals surface area contributed by atoms with Crippen molar-refractivity contribution in [2.24, 2.45) is 0 Å². The molecule has 0 aliphatic heterocycles. The largest absolute Gasteiger partial charge is 0.300 e. The lowest BCUT2D eigenvalue weighted by molar-refractivity contribution is -0.119. The minimum absolute atomic E-state index is 0.374. The zero-order valence-corrected chi connectivity index (χ0v) is 12.7. The number of pyridine rings is 1. The number of aryl methyl sites for hydroxylation is 1. The first-order valence-electron chi connectivity index (χ1n) is 7.82. The third-order valence-electron chi connectivity index (χ3n) is 3.69. The first kappa shape index (κ1) is 15.4. The van der Waals surface area contributed by atoms with Crippen LogP contribution in [0.5, 0.6) is 0 Å². The zero-order valence-electron chi connectivity index (χ0n) is 12.7. The van der Waals surface area contributed by atoms with Gasteiger partial charge in [0.15, 0.2) is 0 Å². The molecule has 0 aliphatic rings. The first-order chi connectivity index (χ1) is 10.3. The van der Waals surface area contributed by atoms with Crippen molar-refractivity contribution >= 4 is 5.78 Å². The number of Topliss-reactive ketones (excluding diaryl/α,β-unsaturated/α-hetero) is 1. The Morgan fingerprint density at radius 2 is 1.81 bits per heavy atom. The Balaban J connectivity index is 1.99. The highest BCUT2D eigenvalue weighted by Gasteiger charge is 2.08. The Labute approximate surface area is 127 Å². The lowest BCUT2D eigenvalue weighted by atomic mass is 9.98. The van der Waals surface area contributed by atoms with Gasteiger partial charge in [0.1, 0.15) is 5.78 Å². The molecule has 0 aliphatic carbocycles. The van der Waals surface area contributed by atoms with Crippen LogP contribution in [-0.4, -0.2) is 10.8 Å². The normalized spacial score (nSPS) is 10.5. The van der Waals surface area contributed by atoms with Crippen molar-refractivity contribution in [1.29, 1.82) is 0 Å². The second kappa shape index (κ2) is 8.35. The molecule has 2 heteroatoms. The molecular formula is C19H23NO. The number of hydrogen-bond acceptors (Lipinski definition) is 2. The topological polar surface area (TPSA) is 30.0 Å². The first-order valence-corrected chi connectivity index (χ1v) is 7.82. The van der Waals surface area contributed by atoms with Crippen molar-refractivity contribution < 1.29 is 4.79 Å². The molecule has 0 N–H and O–H groups in total. The number of aromatic nitrogens is 1. The van der Waals surface area contributed by atoms with Crippen molar-refractivity contribution in [3.8, 4) is 11.3 Å². The fourth-order valence-corrected chi connectivity index (χ4v) is 2.48. The average molecular weight is 281 g/mol. The summed E-state index contributed by atoms with van der Waals surface area (Å²) >= 11 is 0. The molecule has 0 unspecified atom stereocenters. The van der Waals surface area contributed by atoms with Crippen molar-refractivity contribution in [3.05, 3.63) is 54.2 Å². The molecule has 1 aromatic heterocycles. The van der Waals surface area contributed by atoms with Crippen molar-refractivity contribution in [3.63, 3.8) is 0 Å². The fraction of sp³-hybridized carbons (Fsp3) is 0.368. The van der Waals surface area contributed by atoms with Crippen LogP contribution in [0.25, 0.3) is 11.3 Å². The summed E-state index contributed by atoms with van der Waals surface area (Å²) in [6.45, 7) is 2.16. The lowest BCUT2D eigenvalue weighted by Crippen LogP contribution is -2.01. The SMILES string of the molecule is CCCCCC(=O)CCc1ccccc1-c1ccccn1. The standard InChI is InChI=1S/C19H23NO/c1-2-3-4-10-17(21)14-13-16-9-5-6-11-18(16)19-12-7-8-15-20-19/h5-9,11-12,15H,2-4,10,13-14H2,1H3. The van der Waals surface area contributed by atoms with E-state index in [0.717, 1.165) is 43.4 Å². The minimum Gasteiger partial charge on any atom is -0.300 e. The molecule has 110 valence electrons. The number of carbonyl (C=O) groups excluding carboxylic acids is 1. The van der Waals surface area contributed by atoms with Gasteiger partial charge in [-0.2, -0.15) is 0 Å². The summed E-state index contributed by atoms with van der Waals surface area (Å²) < 4.78 is 0. The van der Waals surface area contributed by atoms with Crippen LogP contribution in [0.1, 0.15) is 44.6 Å². The highest BCUT2D eigenvalue weighted by Crippen LogP contribution is 2.22. The Morgan fingerprint density at radius 3 is 2.57 bits per heavy atom. The van der Waals surface area contributed by atoms with Gasteiger partial charge >= 0.3 is 0 Å². The predicted molar refractivity (Wildman–Crippen MR) is 87.1 cm³/mol. The van der Waals surface area contributed by atoms with Gasteiger partial charge in [0.2, 0.25) is 0 Å². The third kappa shape index (κ3) is 4.82.